The Bertz CT molecular complexity index is 1360. The second-order valence-electron chi connectivity index (χ2n) is 7.99. The SMILES string of the molecule is CCOc1ccccc1-n1c(C(C)N(C)C(=O)c2ccc(C)cc2)nc2ccccc2c1=O. The Balaban J connectivity index is 1.89. The van der Waals surface area contributed by atoms with Gasteiger partial charge in [-0.15, -0.1) is 0 Å². The zero-order chi connectivity index (χ0) is 23.5. The number of hydrogen-bond donors (Lipinski definition) is 0. The van der Waals surface area contributed by atoms with Crippen LogP contribution >= 0.6 is 0 Å². The fraction of sp³-hybridized carbons (Fsp3) is 0.222. The van der Waals surface area contributed by atoms with Crippen LogP contribution in [0, 0.1) is 6.92 Å². The predicted octanol–water partition coefficient (Wildman–Crippen LogP) is 4.93. The van der Waals surface area contributed by atoms with E-state index in [1.54, 1.807) is 22.6 Å². The first-order valence-corrected chi connectivity index (χ1v) is 11.0. The fourth-order valence-electron chi connectivity index (χ4n) is 3.83. The largest absolute Gasteiger partial charge is 0.492 e. The highest BCUT2D eigenvalue weighted by molar-refractivity contribution is 5.94. The van der Waals surface area contributed by atoms with Crippen LogP contribution in [0.3, 0.4) is 0 Å². The lowest BCUT2D eigenvalue weighted by Gasteiger charge is -2.27. The van der Waals surface area contributed by atoms with Crippen LogP contribution in [-0.4, -0.2) is 34.0 Å². The van der Waals surface area contributed by atoms with Gasteiger partial charge in [0.05, 0.1) is 29.2 Å². The molecule has 0 saturated carbocycles. The predicted molar refractivity (Wildman–Crippen MR) is 130 cm³/mol. The third-order valence-electron chi connectivity index (χ3n) is 5.78. The lowest BCUT2D eigenvalue weighted by atomic mass is 10.1. The average molecular weight is 442 g/mol. The number of benzene rings is 3. The quantitative estimate of drug-likeness (QED) is 0.426. The molecule has 0 aliphatic carbocycles. The van der Waals surface area contributed by atoms with Crippen molar-refractivity contribution in [3.05, 3.63) is 100 Å². The molecule has 0 bridgehead atoms. The van der Waals surface area contributed by atoms with Crippen molar-refractivity contribution in [1.82, 2.24) is 14.5 Å². The lowest BCUT2D eigenvalue weighted by Crippen LogP contribution is -2.35. The van der Waals surface area contributed by atoms with Gasteiger partial charge in [0, 0.05) is 12.6 Å². The van der Waals surface area contributed by atoms with Gasteiger partial charge in [-0.25, -0.2) is 4.98 Å². The molecule has 168 valence electrons. The Kier molecular flexibility index (Phi) is 6.27. The maximum Gasteiger partial charge on any atom is 0.266 e. The summed E-state index contributed by atoms with van der Waals surface area (Å²) < 4.78 is 7.38. The van der Waals surface area contributed by atoms with Crippen molar-refractivity contribution >= 4 is 16.8 Å². The Hall–Kier alpha value is -3.93. The monoisotopic (exact) mass is 441 g/mol. The summed E-state index contributed by atoms with van der Waals surface area (Å²) in [6.45, 7) is 6.22. The van der Waals surface area contributed by atoms with E-state index in [0.717, 1.165) is 5.56 Å². The molecule has 1 unspecified atom stereocenters. The van der Waals surface area contributed by atoms with Gasteiger partial charge in [0.15, 0.2) is 0 Å². The number of nitrogens with zero attached hydrogens (tertiary/aromatic N) is 3. The standard InChI is InChI=1S/C27H27N3O3/c1-5-33-24-13-9-8-12-23(24)30-25(28-22-11-7-6-10-21(22)27(30)32)19(3)29(4)26(31)20-16-14-18(2)15-17-20/h6-17,19H,5H2,1-4H3. The normalized spacial score (nSPS) is 11.9. The highest BCUT2D eigenvalue weighted by Crippen LogP contribution is 2.28. The molecule has 1 amide bonds. The number of ether oxygens (including phenoxy) is 1. The second kappa shape index (κ2) is 9.28. The molecule has 0 saturated heterocycles. The number of aromatic nitrogens is 2. The van der Waals surface area contributed by atoms with Gasteiger partial charge in [-0.3, -0.25) is 14.2 Å². The number of para-hydroxylation sites is 3. The fourth-order valence-corrected chi connectivity index (χ4v) is 3.83. The number of amides is 1. The van der Waals surface area contributed by atoms with E-state index >= 15 is 0 Å². The first-order valence-electron chi connectivity index (χ1n) is 11.0. The van der Waals surface area contributed by atoms with Crippen molar-refractivity contribution < 1.29 is 9.53 Å². The van der Waals surface area contributed by atoms with E-state index < -0.39 is 6.04 Å². The van der Waals surface area contributed by atoms with Crippen LogP contribution < -0.4 is 10.3 Å². The van der Waals surface area contributed by atoms with E-state index in [4.69, 9.17) is 9.72 Å². The number of fused-ring (bicyclic) bond motifs is 1. The van der Waals surface area contributed by atoms with Crippen molar-refractivity contribution in [2.45, 2.75) is 26.8 Å². The summed E-state index contributed by atoms with van der Waals surface area (Å²) in [5, 5.41) is 0.507. The number of carbonyl (C=O) groups excluding carboxylic acids is 1. The van der Waals surface area contributed by atoms with E-state index in [1.165, 1.54) is 0 Å². The maximum absolute atomic E-state index is 13.7. The number of rotatable bonds is 6. The molecular formula is C27H27N3O3. The lowest BCUT2D eigenvalue weighted by molar-refractivity contribution is 0.0735. The zero-order valence-corrected chi connectivity index (χ0v) is 19.3. The Labute approximate surface area is 193 Å². The molecule has 0 fully saturated rings. The summed E-state index contributed by atoms with van der Waals surface area (Å²) in [7, 11) is 1.73. The molecule has 0 aliphatic rings. The molecular weight excluding hydrogens is 414 g/mol. The summed E-state index contributed by atoms with van der Waals surface area (Å²) in [4.78, 5) is 33.3. The minimum absolute atomic E-state index is 0.144. The van der Waals surface area contributed by atoms with Crippen LogP contribution in [0.25, 0.3) is 16.6 Å². The summed E-state index contributed by atoms with van der Waals surface area (Å²) in [5.41, 5.74) is 2.65. The van der Waals surface area contributed by atoms with E-state index in [1.807, 2.05) is 87.5 Å². The van der Waals surface area contributed by atoms with E-state index in [-0.39, 0.29) is 11.5 Å². The van der Waals surface area contributed by atoms with E-state index in [9.17, 15) is 9.59 Å². The third-order valence-corrected chi connectivity index (χ3v) is 5.78. The zero-order valence-electron chi connectivity index (χ0n) is 19.3. The highest BCUT2D eigenvalue weighted by atomic mass is 16.5. The van der Waals surface area contributed by atoms with E-state index in [0.29, 0.717) is 40.3 Å². The van der Waals surface area contributed by atoms with Gasteiger partial charge in [0.25, 0.3) is 11.5 Å². The molecule has 1 atom stereocenters. The summed E-state index contributed by atoms with van der Waals surface area (Å²) in [5.74, 6) is 0.906. The molecule has 6 nitrogen and oxygen atoms in total. The topological polar surface area (TPSA) is 64.4 Å². The van der Waals surface area contributed by atoms with Crippen molar-refractivity contribution in [3.63, 3.8) is 0 Å². The second-order valence-corrected chi connectivity index (χ2v) is 7.99. The first-order chi connectivity index (χ1) is 15.9. The highest BCUT2D eigenvalue weighted by Gasteiger charge is 2.26. The van der Waals surface area contributed by atoms with Gasteiger partial charge < -0.3 is 9.64 Å². The molecule has 0 aliphatic heterocycles. The van der Waals surface area contributed by atoms with Crippen molar-refractivity contribution in [1.29, 1.82) is 0 Å². The van der Waals surface area contributed by atoms with Crippen LogP contribution in [0.1, 0.15) is 41.6 Å². The van der Waals surface area contributed by atoms with Crippen LogP contribution in [-0.2, 0) is 0 Å². The maximum atomic E-state index is 13.7. The summed E-state index contributed by atoms with van der Waals surface area (Å²) in [6, 6.07) is 21.6. The molecule has 4 rings (SSSR count). The van der Waals surface area contributed by atoms with Gasteiger partial charge >= 0.3 is 0 Å². The molecule has 3 aromatic carbocycles. The average Bonchev–Trinajstić information content (AvgIpc) is 2.84. The Morgan fingerprint density at radius 1 is 1.03 bits per heavy atom. The van der Waals surface area contributed by atoms with Crippen LogP contribution in [0.2, 0.25) is 0 Å². The molecule has 0 radical (unpaired) electrons. The number of hydrogen-bond acceptors (Lipinski definition) is 4. The van der Waals surface area contributed by atoms with Crippen LogP contribution in [0.15, 0.2) is 77.6 Å². The van der Waals surface area contributed by atoms with Gasteiger partial charge in [0.2, 0.25) is 0 Å². The minimum Gasteiger partial charge on any atom is -0.492 e. The van der Waals surface area contributed by atoms with Gasteiger partial charge in [-0.05, 0) is 57.2 Å². The number of aryl methyl sites for hydroxylation is 1. The Morgan fingerprint density at radius 2 is 1.70 bits per heavy atom. The molecule has 0 N–H and O–H groups in total. The third kappa shape index (κ3) is 4.24. The van der Waals surface area contributed by atoms with E-state index in [2.05, 4.69) is 0 Å². The van der Waals surface area contributed by atoms with Crippen LogP contribution in [0.4, 0.5) is 0 Å². The van der Waals surface area contributed by atoms with Gasteiger partial charge in [-0.1, -0.05) is 42.0 Å². The minimum atomic E-state index is -0.481. The van der Waals surface area contributed by atoms with Gasteiger partial charge in [-0.2, -0.15) is 0 Å². The molecule has 6 heteroatoms. The first kappa shape index (κ1) is 22.3. The van der Waals surface area contributed by atoms with Crippen molar-refractivity contribution in [2.75, 3.05) is 13.7 Å². The van der Waals surface area contributed by atoms with Gasteiger partial charge in [0.1, 0.15) is 11.6 Å². The Morgan fingerprint density at radius 3 is 2.42 bits per heavy atom. The molecule has 33 heavy (non-hydrogen) atoms. The summed E-state index contributed by atoms with van der Waals surface area (Å²) >= 11 is 0. The summed E-state index contributed by atoms with van der Waals surface area (Å²) in [6.07, 6.45) is 0. The molecule has 4 aromatic rings. The smallest absolute Gasteiger partial charge is 0.266 e. The molecule has 1 heterocycles. The molecule has 0 spiro atoms. The number of carbonyl (C=O) groups is 1. The van der Waals surface area contributed by atoms with Crippen LogP contribution in [0.5, 0.6) is 5.75 Å². The van der Waals surface area contributed by atoms with Crippen molar-refractivity contribution in [3.8, 4) is 11.4 Å². The van der Waals surface area contributed by atoms with Crippen molar-refractivity contribution in [2.24, 2.45) is 0 Å². The molecule has 1 aromatic heterocycles.